The predicted molar refractivity (Wildman–Crippen MR) is 90.3 cm³/mol. The number of aromatic nitrogens is 2. The van der Waals surface area contributed by atoms with Gasteiger partial charge in [-0.3, -0.25) is 9.58 Å². The number of hydrogen-bond donors (Lipinski definition) is 2. The molecule has 2 aromatic rings. The maximum absolute atomic E-state index is 10.4. The van der Waals surface area contributed by atoms with E-state index in [0.29, 0.717) is 25.3 Å². The van der Waals surface area contributed by atoms with Crippen LogP contribution in [-0.4, -0.2) is 50.1 Å². The van der Waals surface area contributed by atoms with Crippen LogP contribution in [0.2, 0.25) is 0 Å². The lowest BCUT2D eigenvalue weighted by Gasteiger charge is -2.32. The van der Waals surface area contributed by atoms with E-state index in [0.717, 1.165) is 19.4 Å². The van der Waals surface area contributed by atoms with Crippen molar-refractivity contribution in [1.29, 1.82) is 0 Å². The molecule has 2 aromatic heterocycles. The second-order valence-corrected chi connectivity index (χ2v) is 6.65. The van der Waals surface area contributed by atoms with Crippen LogP contribution in [-0.2, 0) is 6.54 Å². The molecule has 132 valence electrons. The summed E-state index contributed by atoms with van der Waals surface area (Å²) in [5.74, 6) is 0.622. The van der Waals surface area contributed by atoms with E-state index in [1.807, 2.05) is 18.3 Å². The van der Waals surface area contributed by atoms with Gasteiger partial charge >= 0.3 is 0 Å². The predicted octanol–water partition coefficient (Wildman–Crippen LogP) is 2.21. The van der Waals surface area contributed by atoms with Gasteiger partial charge in [-0.25, -0.2) is 0 Å². The van der Waals surface area contributed by atoms with Crippen molar-refractivity contribution in [3.8, 4) is 0 Å². The molecule has 1 aliphatic rings. The zero-order valence-electron chi connectivity index (χ0n) is 14.0. The van der Waals surface area contributed by atoms with Crippen molar-refractivity contribution in [2.75, 3.05) is 13.1 Å². The summed E-state index contributed by atoms with van der Waals surface area (Å²) in [7, 11) is 0. The van der Waals surface area contributed by atoms with E-state index < -0.39 is 12.2 Å². The molecule has 0 saturated carbocycles. The molecule has 6 heteroatoms. The van der Waals surface area contributed by atoms with E-state index in [2.05, 4.69) is 10.00 Å². The zero-order chi connectivity index (χ0) is 16.8. The molecule has 0 aromatic carbocycles. The summed E-state index contributed by atoms with van der Waals surface area (Å²) in [5, 5.41) is 25.0. The zero-order valence-corrected chi connectivity index (χ0v) is 14.0. The summed E-state index contributed by atoms with van der Waals surface area (Å²) in [6.07, 6.45) is 9.33. The first-order chi connectivity index (χ1) is 11.7. The quantitative estimate of drug-likeness (QED) is 0.812. The Hall–Kier alpha value is -1.63. The Balaban J connectivity index is 1.59. The molecule has 2 N–H and O–H groups in total. The Bertz CT molecular complexity index is 570. The highest BCUT2D eigenvalue weighted by molar-refractivity contribution is 5.02. The first kappa shape index (κ1) is 17.2. The summed E-state index contributed by atoms with van der Waals surface area (Å²) in [5.41, 5.74) is 0. The van der Waals surface area contributed by atoms with Crippen LogP contribution in [0, 0.1) is 0 Å². The molecule has 1 saturated heterocycles. The number of furan rings is 1. The fourth-order valence-corrected chi connectivity index (χ4v) is 3.55. The van der Waals surface area contributed by atoms with Gasteiger partial charge in [0.2, 0.25) is 0 Å². The van der Waals surface area contributed by atoms with Gasteiger partial charge in [0.15, 0.2) is 0 Å². The molecule has 1 fully saturated rings. The topological polar surface area (TPSA) is 74.7 Å². The van der Waals surface area contributed by atoms with Gasteiger partial charge in [-0.2, -0.15) is 5.10 Å². The molecule has 0 bridgehead atoms. The molecule has 1 aliphatic heterocycles. The third kappa shape index (κ3) is 4.69. The second kappa shape index (κ2) is 8.46. The molecule has 0 radical (unpaired) electrons. The van der Waals surface area contributed by atoms with Crippen molar-refractivity contribution in [2.45, 2.75) is 56.9 Å². The molecule has 0 amide bonds. The van der Waals surface area contributed by atoms with Crippen molar-refractivity contribution in [3.05, 3.63) is 42.6 Å². The first-order valence-electron chi connectivity index (χ1n) is 8.83. The molecular weight excluding hydrogens is 306 g/mol. The van der Waals surface area contributed by atoms with Crippen LogP contribution >= 0.6 is 0 Å². The fraction of sp³-hybridized carbons (Fsp3) is 0.611. The average Bonchev–Trinajstić information content (AvgIpc) is 3.22. The lowest BCUT2D eigenvalue weighted by atomic mass is 10.0. The summed E-state index contributed by atoms with van der Waals surface area (Å²) < 4.78 is 7.08. The van der Waals surface area contributed by atoms with Gasteiger partial charge in [0.1, 0.15) is 11.9 Å². The monoisotopic (exact) mass is 333 g/mol. The Morgan fingerprint density at radius 1 is 1.21 bits per heavy atom. The minimum Gasteiger partial charge on any atom is -0.467 e. The Morgan fingerprint density at radius 2 is 2.12 bits per heavy atom. The Kier molecular flexibility index (Phi) is 6.07. The molecule has 3 rings (SSSR count). The van der Waals surface area contributed by atoms with E-state index >= 15 is 0 Å². The van der Waals surface area contributed by atoms with Crippen molar-refractivity contribution in [3.63, 3.8) is 0 Å². The van der Waals surface area contributed by atoms with Crippen LogP contribution in [0.15, 0.2) is 41.3 Å². The van der Waals surface area contributed by atoms with Crippen molar-refractivity contribution in [1.82, 2.24) is 14.7 Å². The highest BCUT2D eigenvalue weighted by atomic mass is 16.4. The van der Waals surface area contributed by atoms with Gasteiger partial charge in [-0.15, -0.1) is 0 Å². The van der Waals surface area contributed by atoms with Gasteiger partial charge in [-0.05, 0) is 44.0 Å². The van der Waals surface area contributed by atoms with Crippen LogP contribution in [0.4, 0.5) is 0 Å². The van der Waals surface area contributed by atoms with Gasteiger partial charge < -0.3 is 14.6 Å². The lowest BCUT2D eigenvalue weighted by molar-refractivity contribution is 0.0461. The molecule has 0 unspecified atom stereocenters. The van der Waals surface area contributed by atoms with E-state index in [4.69, 9.17) is 4.42 Å². The third-order valence-corrected chi connectivity index (χ3v) is 4.77. The summed E-state index contributed by atoms with van der Waals surface area (Å²) in [6.45, 7) is 2.07. The maximum Gasteiger partial charge on any atom is 0.132 e. The van der Waals surface area contributed by atoms with Crippen LogP contribution in [0.3, 0.4) is 0 Å². The number of rotatable bonds is 7. The van der Waals surface area contributed by atoms with E-state index in [1.165, 1.54) is 12.8 Å². The van der Waals surface area contributed by atoms with Gasteiger partial charge in [-0.1, -0.05) is 12.8 Å². The highest BCUT2D eigenvalue weighted by Crippen LogP contribution is 2.26. The van der Waals surface area contributed by atoms with Gasteiger partial charge in [0, 0.05) is 25.0 Å². The molecular formula is C18H27N3O3. The lowest BCUT2D eigenvalue weighted by Crippen LogP contribution is -2.42. The number of hydrogen-bond acceptors (Lipinski definition) is 5. The third-order valence-electron chi connectivity index (χ3n) is 4.77. The molecule has 24 heavy (non-hydrogen) atoms. The summed E-state index contributed by atoms with van der Waals surface area (Å²) >= 11 is 0. The van der Waals surface area contributed by atoms with E-state index in [1.54, 1.807) is 23.2 Å². The van der Waals surface area contributed by atoms with Crippen LogP contribution < -0.4 is 0 Å². The van der Waals surface area contributed by atoms with Gasteiger partial charge in [0.25, 0.3) is 0 Å². The largest absolute Gasteiger partial charge is 0.467 e. The Morgan fingerprint density at radius 3 is 2.88 bits per heavy atom. The summed E-state index contributed by atoms with van der Waals surface area (Å²) in [6, 6.07) is 5.75. The standard InChI is InChI=1S/C18H27N3O3/c22-16(14-21-10-5-8-19-21)13-20-9-3-1-2-6-15(20)12-17(23)18-7-4-11-24-18/h4-5,7-8,10-11,15-17,22-23H,1-3,6,9,12-14H2/t15-,16-,17-/m0/s1. The smallest absolute Gasteiger partial charge is 0.132 e. The number of β-amino-alcohol motifs (C(OH)–C–C–N with tert-alkyl or cyclic N) is 1. The molecule has 0 aliphatic carbocycles. The minimum atomic E-state index is -0.589. The maximum atomic E-state index is 10.4. The van der Waals surface area contributed by atoms with E-state index in [9.17, 15) is 10.2 Å². The van der Waals surface area contributed by atoms with E-state index in [-0.39, 0.29) is 6.04 Å². The molecule has 0 spiro atoms. The van der Waals surface area contributed by atoms with Crippen LogP contribution in [0.1, 0.15) is 44.0 Å². The molecule has 3 atom stereocenters. The highest BCUT2D eigenvalue weighted by Gasteiger charge is 2.26. The second-order valence-electron chi connectivity index (χ2n) is 6.65. The number of likely N-dealkylation sites (tertiary alicyclic amines) is 1. The normalized spacial score (nSPS) is 22.2. The minimum absolute atomic E-state index is 0.264. The van der Waals surface area contributed by atoms with Crippen molar-refractivity contribution >= 4 is 0 Å². The first-order valence-corrected chi connectivity index (χ1v) is 8.83. The van der Waals surface area contributed by atoms with Crippen LogP contribution in [0.25, 0.3) is 0 Å². The Labute approximate surface area is 142 Å². The van der Waals surface area contributed by atoms with Crippen molar-refractivity contribution < 1.29 is 14.6 Å². The van der Waals surface area contributed by atoms with Crippen molar-refractivity contribution in [2.24, 2.45) is 0 Å². The number of aliphatic hydroxyl groups excluding tert-OH is 2. The average molecular weight is 333 g/mol. The number of aliphatic hydroxyl groups is 2. The fourth-order valence-electron chi connectivity index (χ4n) is 3.55. The summed E-state index contributed by atoms with van der Waals surface area (Å²) in [4.78, 5) is 2.33. The molecule has 3 heterocycles. The van der Waals surface area contributed by atoms with Crippen LogP contribution in [0.5, 0.6) is 0 Å². The number of nitrogens with zero attached hydrogens (tertiary/aromatic N) is 3. The SMILES string of the molecule is O[C@@H](CN1CCCCC[C@H]1C[C@H](O)c1ccco1)Cn1cccn1. The van der Waals surface area contributed by atoms with Gasteiger partial charge in [0.05, 0.1) is 18.9 Å². The molecule has 6 nitrogen and oxygen atoms in total.